The van der Waals surface area contributed by atoms with Crippen molar-refractivity contribution in [1.82, 2.24) is 0 Å². The predicted octanol–water partition coefficient (Wildman–Crippen LogP) is 5.18. The summed E-state index contributed by atoms with van der Waals surface area (Å²) in [5.41, 5.74) is 0.433. The van der Waals surface area contributed by atoms with Crippen molar-refractivity contribution >= 4 is 31.9 Å². The van der Waals surface area contributed by atoms with Crippen molar-refractivity contribution < 1.29 is 0 Å². The molecular formula is C11H17Br2. The van der Waals surface area contributed by atoms with Crippen LogP contribution in [0.4, 0.5) is 0 Å². The molecule has 2 heteroatoms. The summed E-state index contributed by atoms with van der Waals surface area (Å²) >= 11 is 6.94. The fourth-order valence-corrected chi connectivity index (χ4v) is 3.28. The van der Waals surface area contributed by atoms with Crippen LogP contribution in [0.15, 0.2) is 9.47 Å². The molecule has 0 N–H and O–H groups in total. The van der Waals surface area contributed by atoms with Gasteiger partial charge in [0, 0.05) is 0 Å². The minimum Gasteiger partial charge on any atom is -0.0570 e. The second kappa shape index (κ2) is 5.55. The summed E-state index contributed by atoms with van der Waals surface area (Å²) < 4.78 is 1.11. The highest BCUT2D eigenvalue weighted by molar-refractivity contribution is 9.28. The van der Waals surface area contributed by atoms with Gasteiger partial charge >= 0.3 is 0 Å². The Morgan fingerprint density at radius 3 is 2.31 bits per heavy atom. The maximum Gasteiger partial charge on any atom is 0.0569 e. The molecule has 0 aromatic heterocycles. The normalized spacial score (nSPS) is 21.2. The Hall–Kier alpha value is 0.700. The van der Waals surface area contributed by atoms with Crippen molar-refractivity contribution in [2.24, 2.45) is 5.41 Å². The molecule has 0 aromatic carbocycles. The van der Waals surface area contributed by atoms with Crippen molar-refractivity contribution in [3.8, 4) is 0 Å². The topological polar surface area (TPSA) is 0 Å². The van der Waals surface area contributed by atoms with Crippen LogP contribution < -0.4 is 0 Å². The zero-order chi connectivity index (χ0) is 9.73. The Balaban J connectivity index is 2.67. The van der Waals surface area contributed by atoms with E-state index in [0.29, 0.717) is 5.41 Å². The van der Waals surface area contributed by atoms with Crippen LogP contribution in [-0.2, 0) is 0 Å². The maximum absolute atomic E-state index is 3.97. The van der Waals surface area contributed by atoms with Crippen LogP contribution in [-0.4, -0.2) is 0 Å². The third kappa shape index (κ3) is 3.75. The van der Waals surface area contributed by atoms with Crippen molar-refractivity contribution in [3.63, 3.8) is 0 Å². The van der Waals surface area contributed by atoms with Crippen molar-refractivity contribution in [2.45, 2.75) is 44.9 Å². The molecule has 0 bridgehead atoms. The van der Waals surface area contributed by atoms with Crippen LogP contribution in [0.1, 0.15) is 44.9 Å². The van der Waals surface area contributed by atoms with Gasteiger partial charge < -0.3 is 0 Å². The molecule has 1 radical (unpaired) electrons. The number of allylic oxidation sites excluding steroid dienone is 1. The molecule has 0 aromatic rings. The summed E-state index contributed by atoms with van der Waals surface area (Å²) in [6, 6.07) is 0. The van der Waals surface area contributed by atoms with Crippen LogP contribution >= 0.6 is 31.9 Å². The summed E-state index contributed by atoms with van der Waals surface area (Å²) in [4.78, 5) is 0. The molecule has 0 spiro atoms. The molecule has 1 aliphatic rings. The van der Waals surface area contributed by atoms with E-state index in [-0.39, 0.29) is 0 Å². The Bertz CT molecular complexity index is 169. The Morgan fingerprint density at radius 1 is 1.23 bits per heavy atom. The number of hydrogen-bond acceptors (Lipinski definition) is 0. The van der Waals surface area contributed by atoms with Crippen LogP contribution in [0.25, 0.3) is 0 Å². The molecule has 0 saturated heterocycles. The zero-order valence-corrected chi connectivity index (χ0v) is 11.2. The lowest BCUT2D eigenvalue weighted by Gasteiger charge is -2.34. The molecule has 1 aliphatic carbocycles. The van der Waals surface area contributed by atoms with Gasteiger partial charge in [0.05, 0.1) is 3.39 Å². The lowest BCUT2D eigenvalue weighted by molar-refractivity contribution is 0.241. The molecule has 75 valence electrons. The van der Waals surface area contributed by atoms with E-state index >= 15 is 0 Å². The average molecular weight is 309 g/mol. The van der Waals surface area contributed by atoms with Crippen molar-refractivity contribution in [1.29, 1.82) is 0 Å². The molecule has 0 aliphatic heterocycles. The molecule has 0 nitrogen and oxygen atoms in total. The van der Waals surface area contributed by atoms with E-state index in [2.05, 4.69) is 44.9 Å². The van der Waals surface area contributed by atoms with Crippen LogP contribution in [0.5, 0.6) is 0 Å². The third-order valence-electron chi connectivity index (χ3n) is 2.94. The molecule has 0 heterocycles. The van der Waals surface area contributed by atoms with Crippen LogP contribution in [0.3, 0.4) is 0 Å². The van der Waals surface area contributed by atoms with E-state index in [1.54, 1.807) is 0 Å². The fourth-order valence-electron chi connectivity index (χ4n) is 2.31. The Morgan fingerprint density at radius 2 is 1.85 bits per heavy atom. The standard InChI is InChI=1S/C11H17Br2/c1-2-6-11(9-10(12)13)7-4-3-5-8-11/h9H,1-8H2. The summed E-state index contributed by atoms with van der Waals surface area (Å²) in [5, 5.41) is 0. The highest BCUT2D eigenvalue weighted by Gasteiger charge is 2.28. The van der Waals surface area contributed by atoms with E-state index in [1.165, 1.54) is 38.5 Å². The van der Waals surface area contributed by atoms with Gasteiger partial charge in [0.15, 0.2) is 0 Å². The van der Waals surface area contributed by atoms with Gasteiger partial charge in [0.1, 0.15) is 0 Å². The first-order valence-electron chi connectivity index (χ1n) is 5.02. The number of halogens is 2. The maximum atomic E-state index is 3.97. The predicted molar refractivity (Wildman–Crippen MR) is 66.0 cm³/mol. The minimum absolute atomic E-state index is 0.433. The SMILES string of the molecule is [CH2]CCC1(C=C(Br)Br)CCCCC1. The van der Waals surface area contributed by atoms with Gasteiger partial charge in [0.25, 0.3) is 0 Å². The number of hydrogen-bond donors (Lipinski definition) is 0. The second-order valence-corrected chi connectivity index (χ2v) is 6.73. The molecular weight excluding hydrogens is 292 g/mol. The quantitative estimate of drug-likeness (QED) is 0.673. The van der Waals surface area contributed by atoms with Crippen molar-refractivity contribution in [2.75, 3.05) is 0 Å². The van der Waals surface area contributed by atoms with Gasteiger partial charge in [-0.2, -0.15) is 0 Å². The summed E-state index contributed by atoms with van der Waals surface area (Å²) in [5.74, 6) is 0. The highest BCUT2D eigenvalue weighted by Crippen LogP contribution is 2.43. The minimum atomic E-state index is 0.433. The molecule has 1 saturated carbocycles. The molecule has 0 amide bonds. The average Bonchev–Trinajstić information content (AvgIpc) is 2.04. The van der Waals surface area contributed by atoms with E-state index in [1.807, 2.05) is 0 Å². The van der Waals surface area contributed by atoms with Crippen LogP contribution in [0.2, 0.25) is 0 Å². The first kappa shape index (κ1) is 11.8. The van der Waals surface area contributed by atoms with Crippen molar-refractivity contribution in [3.05, 3.63) is 16.4 Å². The van der Waals surface area contributed by atoms with Crippen LogP contribution in [0, 0.1) is 12.3 Å². The van der Waals surface area contributed by atoms with E-state index < -0.39 is 0 Å². The summed E-state index contributed by atoms with van der Waals surface area (Å²) in [6.45, 7) is 3.97. The number of rotatable bonds is 3. The van der Waals surface area contributed by atoms with Gasteiger partial charge in [-0.25, -0.2) is 0 Å². The smallest absolute Gasteiger partial charge is 0.0569 e. The first-order valence-corrected chi connectivity index (χ1v) is 6.60. The highest BCUT2D eigenvalue weighted by atomic mass is 79.9. The lowest BCUT2D eigenvalue weighted by atomic mass is 9.71. The summed E-state index contributed by atoms with van der Waals surface area (Å²) in [6.07, 6.45) is 11.5. The molecule has 0 atom stereocenters. The fraction of sp³-hybridized carbons (Fsp3) is 0.727. The lowest BCUT2D eigenvalue weighted by Crippen LogP contribution is -2.21. The molecule has 0 unspecified atom stereocenters. The van der Waals surface area contributed by atoms with Gasteiger partial charge in [-0.15, -0.1) is 0 Å². The summed E-state index contributed by atoms with van der Waals surface area (Å²) in [7, 11) is 0. The van der Waals surface area contributed by atoms with E-state index in [0.717, 1.165) is 9.81 Å². The van der Waals surface area contributed by atoms with E-state index in [9.17, 15) is 0 Å². The van der Waals surface area contributed by atoms with Gasteiger partial charge in [0.2, 0.25) is 0 Å². The zero-order valence-electron chi connectivity index (χ0n) is 7.99. The van der Waals surface area contributed by atoms with Gasteiger partial charge in [-0.1, -0.05) is 38.7 Å². The van der Waals surface area contributed by atoms with E-state index in [4.69, 9.17) is 0 Å². The Labute approximate surface area is 98.4 Å². The first-order chi connectivity index (χ1) is 6.18. The van der Waals surface area contributed by atoms with Gasteiger partial charge in [-0.3, -0.25) is 0 Å². The molecule has 1 fully saturated rings. The Kier molecular flexibility index (Phi) is 5.03. The molecule has 13 heavy (non-hydrogen) atoms. The molecule has 1 rings (SSSR count). The largest absolute Gasteiger partial charge is 0.0570 e. The van der Waals surface area contributed by atoms with Gasteiger partial charge in [-0.05, 0) is 56.5 Å². The monoisotopic (exact) mass is 307 g/mol. The second-order valence-electron chi connectivity index (χ2n) is 3.96. The third-order valence-corrected chi connectivity index (χ3v) is 3.40.